The Hall–Kier alpha value is -1.08. The third kappa shape index (κ3) is 6.48. The van der Waals surface area contributed by atoms with Crippen LogP contribution in [-0.2, 0) is 15.3 Å². The van der Waals surface area contributed by atoms with E-state index in [0.717, 1.165) is 16.5 Å². The molecule has 118 valence electrons. The highest BCUT2D eigenvalue weighted by atomic mass is 32.2. The Kier molecular flexibility index (Phi) is 6.67. The minimum atomic E-state index is -0.983. The third-order valence-corrected chi connectivity index (χ3v) is 4.60. The van der Waals surface area contributed by atoms with E-state index in [1.165, 1.54) is 4.90 Å². The van der Waals surface area contributed by atoms with E-state index in [9.17, 15) is 9.59 Å². The SMILES string of the molecule is Cc1nc(CSCCC(=O)N(CC(=O)O)C(C)(C)C)cs1. The number of nitrogens with zero attached hydrogens (tertiary/aromatic N) is 2. The van der Waals surface area contributed by atoms with Gasteiger partial charge in [0, 0.05) is 28.8 Å². The van der Waals surface area contributed by atoms with Crippen molar-refractivity contribution in [1.82, 2.24) is 9.88 Å². The quantitative estimate of drug-likeness (QED) is 0.779. The van der Waals surface area contributed by atoms with E-state index in [-0.39, 0.29) is 12.5 Å². The summed E-state index contributed by atoms with van der Waals surface area (Å²) in [5, 5.41) is 12.0. The molecule has 0 aromatic carbocycles. The molecule has 0 spiro atoms. The zero-order chi connectivity index (χ0) is 16.0. The lowest BCUT2D eigenvalue weighted by atomic mass is 10.1. The van der Waals surface area contributed by atoms with Crippen LogP contribution in [0.1, 0.15) is 37.9 Å². The van der Waals surface area contributed by atoms with Gasteiger partial charge in [0.2, 0.25) is 5.91 Å². The Morgan fingerprint density at radius 3 is 2.57 bits per heavy atom. The first kappa shape index (κ1) is 18.0. The van der Waals surface area contributed by atoms with Gasteiger partial charge in [-0.15, -0.1) is 11.3 Å². The summed E-state index contributed by atoms with van der Waals surface area (Å²) in [7, 11) is 0. The lowest BCUT2D eigenvalue weighted by Gasteiger charge is -2.34. The molecule has 0 saturated carbocycles. The van der Waals surface area contributed by atoms with Crippen LogP contribution in [0.2, 0.25) is 0 Å². The molecule has 5 nitrogen and oxygen atoms in total. The van der Waals surface area contributed by atoms with Crippen LogP contribution in [-0.4, -0.2) is 44.7 Å². The molecule has 1 amide bonds. The number of amides is 1. The number of hydrogen-bond donors (Lipinski definition) is 1. The molecule has 0 fully saturated rings. The maximum atomic E-state index is 12.2. The molecule has 0 aliphatic heterocycles. The largest absolute Gasteiger partial charge is 0.480 e. The summed E-state index contributed by atoms with van der Waals surface area (Å²) in [5.41, 5.74) is 0.555. The minimum absolute atomic E-state index is 0.119. The zero-order valence-corrected chi connectivity index (χ0v) is 14.5. The summed E-state index contributed by atoms with van der Waals surface area (Å²) in [6, 6.07) is 0. The molecule has 0 unspecified atom stereocenters. The van der Waals surface area contributed by atoms with Gasteiger partial charge in [0.05, 0.1) is 10.7 Å². The fourth-order valence-corrected chi connectivity index (χ4v) is 3.32. The Morgan fingerprint density at radius 2 is 2.10 bits per heavy atom. The van der Waals surface area contributed by atoms with Crippen LogP contribution >= 0.6 is 23.1 Å². The molecule has 0 saturated heterocycles. The zero-order valence-electron chi connectivity index (χ0n) is 12.9. The highest BCUT2D eigenvalue weighted by molar-refractivity contribution is 7.98. The second-order valence-electron chi connectivity index (χ2n) is 5.70. The van der Waals surface area contributed by atoms with Crippen molar-refractivity contribution < 1.29 is 14.7 Å². The maximum absolute atomic E-state index is 12.2. The van der Waals surface area contributed by atoms with Gasteiger partial charge in [0.15, 0.2) is 0 Å². The monoisotopic (exact) mass is 330 g/mol. The fraction of sp³-hybridized carbons (Fsp3) is 0.643. The van der Waals surface area contributed by atoms with Crippen molar-refractivity contribution in [2.24, 2.45) is 0 Å². The first-order valence-electron chi connectivity index (χ1n) is 6.71. The van der Waals surface area contributed by atoms with Crippen LogP contribution in [0.15, 0.2) is 5.38 Å². The molecule has 0 radical (unpaired) electrons. The van der Waals surface area contributed by atoms with Gasteiger partial charge in [-0.3, -0.25) is 9.59 Å². The highest BCUT2D eigenvalue weighted by Crippen LogP contribution is 2.18. The molecule has 1 heterocycles. The van der Waals surface area contributed by atoms with Gasteiger partial charge in [-0.2, -0.15) is 11.8 Å². The molecule has 1 N–H and O–H groups in total. The summed E-state index contributed by atoms with van der Waals surface area (Å²) >= 11 is 3.26. The van der Waals surface area contributed by atoms with Crippen LogP contribution < -0.4 is 0 Å². The molecule has 0 aliphatic carbocycles. The molecule has 0 atom stereocenters. The number of carboxylic acid groups (broad SMARTS) is 1. The highest BCUT2D eigenvalue weighted by Gasteiger charge is 2.27. The number of hydrogen-bond acceptors (Lipinski definition) is 5. The normalized spacial score (nSPS) is 11.4. The topological polar surface area (TPSA) is 70.5 Å². The number of aryl methyl sites for hydroxylation is 1. The Balaban J connectivity index is 2.41. The smallest absolute Gasteiger partial charge is 0.323 e. The van der Waals surface area contributed by atoms with E-state index in [1.54, 1.807) is 23.1 Å². The average Bonchev–Trinajstić information content (AvgIpc) is 2.76. The van der Waals surface area contributed by atoms with Crippen molar-refractivity contribution in [3.8, 4) is 0 Å². The number of carboxylic acids is 1. The van der Waals surface area contributed by atoms with E-state index in [4.69, 9.17) is 5.11 Å². The van der Waals surface area contributed by atoms with Gasteiger partial charge in [-0.1, -0.05) is 0 Å². The van der Waals surface area contributed by atoms with Crippen molar-refractivity contribution in [2.45, 2.75) is 45.4 Å². The molecule has 0 bridgehead atoms. The average molecular weight is 330 g/mol. The van der Waals surface area contributed by atoms with Crippen LogP contribution in [0.5, 0.6) is 0 Å². The van der Waals surface area contributed by atoms with Crippen molar-refractivity contribution in [2.75, 3.05) is 12.3 Å². The summed E-state index contributed by atoms with van der Waals surface area (Å²) in [4.78, 5) is 28.8. The van der Waals surface area contributed by atoms with Gasteiger partial charge < -0.3 is 10.0 Å². The predicted molar refractivity (Wildman–Crippen MR) is 86.7 cm³/mol. The maximum Gasteiger partial charge on any atom is 0.323 e. The first-order chi connectivity index (χ1) is 9.70. The molecule has 1 aromatic heterocycles. The van der Waals surface area contributed by atoms with Crippen molar-refractivity contribution >= 4 is 35.0 Å². The van der Waals surface area contributed by atoms with E-state index in [2.05, 4.69) is 4.98 Å². The van der Waals surface area contributed by atoms with Crippen molar-refractivity contribution in [3.63, 3.8) is 0 Å². The van der Waals surface area contributed by atoms with Gasteiger partial charge in [0.1, 0.15) is 6.54 Å². The van der Waals surface area contributed by atoms with Crippen LogP contribution in [0.3, 0.4) is 0 Å². The van der Waals surface area contributed by atoms with E-state index >= 15 is 0 Å². The lowest BCUT2D eigenvalue weighted by Crippen LogP contribution is -2.48. The number of rotatable bonds is 7. The molecule has 1 aromatic rings. The number of aromatic nitrogens is 1. The van der Waals surface area contributed by atoms with Gasteiger partial charge in [-0.05, 0) is 27.7 Å². The van der Waals surface area contributed by atoms with Crippen molar-refractivity contribution in [1.29, 1.82) is 0 Å². The Bertz CT molecular complexity index is 495. The lowest BCUT2D eigenvalue weighted by molar-refractivity contribution is -0.148. The molecular formula is C14H22N2O3S2. The van der Waals surface area contributed by atoms with Gasteiger partial charge in [-0.25, -0.2) is 4.98 Å². The number of thioether (sulfide) groups is 1. The number of carbonyl (C=O) groups is 2. The fourth-order valence-electron chi connectivity index (χ4n) is 1.78. The van der Waals surface area contributed by atoms with Crippen LogP contribution in [0.4, 0.5) is 0 Å². The third-order valence-electron chi connectivity index (χ3n) is 2.78. The van der Waals surface area contributed by atoms with E-state index in [0.29, 0.717) is 12.2 Å². The summed E-state index contributed by atoms with van der Waals surface area (Å²) in [6.45, 7) is 7.25. The molecule has 7 heteroatoms. The molecule has 0 aliphatic rings. The molecular weight excluding hydrogens is 308 g/mol. The van der Waals surface area contributed by atoms with Crippen LogP contribution in [0.25, 0.3) is 0 Å². The van der Waals surface area contributed by atoms with Crippen molar-refractivity contribution in [3.05, 3.63) is 16.1 Å². The number of aliphatic carboxylic acids is 1. The first-order valence-corrected chi connectivity index (χ1v) is 8.74. The number of thiazole rings is 1. The molecule has 1 rings (SSSR count). The standard InChI is InChI=1S/C14H22N2O3S2/c1-10-15-11(9-21-10)8-20-6-5-12(17)16(7-13(18)19)14(2,3)4/h9H,5-8H2,1-4H3,(H,18,19). The predicted octanol–water partition coefficient (Wildman–Crippen LogP) is 2.79. The van der Waals surface area contributed by atoms with E-state index < -0.39 is 11.5 Å². The minimum Gasteiger partial charge on any atom is -0.480 e. The van der Waals surface area contributed by atoms with Gasteiger partial charge in [0.25, 0.3) is 0 Å². The summed E-state index contributed by atoms with van der Waals surface area (Å²) < 4.78 is 0. The van der Waals surface area contributed by atoms with Crippen LogP contribution in [0, 0.1) is 6.92 Å². The second kappa shape index (κ2) is 7.79. The second-order valence-corrected chi connectivity index (χ2v) is 7.87. The number of carbonyl (C=O) groups excluding carboxylic acids is 1. The summed E-state index contributed by atoms with van der Waals surface area (Å²) in [6.07, 6.45) is 0.346. The summed E-state index contributed by atoms with van der Waals surface area (Å²) in [5.74, 6) is 0.351. The van der Waals surface area contributed by atoms with E-state index in [1.807, 2.05) is 33.1 Å². The molecule has 21 heavy (non-hydrogen) atoms. The Labute approximate surface area is 133 Å². The Morgan fingerprint density at radius 1 is 1.43 bits per heavy atom. The van der Waals surface area contributed by atoms with Gasteiger partial charge >= 0.3 is 5.97 Å².